The Hall–Kier alpha value is -1.20. The maximum Gasteiger partial charge on any atom is 0.240 e. The van der Waals surface area contributed by atoms with Crippen LogP contribution in [0.3, 0.4) is 0 Å². The van der Waals surface area contributed by atoms with Crippen LogP contribution in [0.4, 0.5) is 0 Å². The Morgan fingerprint density at radius 3 is 2.28 bits per heavy atom. The zero-order valence-electron chi connectivity index (χ0n) is 10.9. The standard InChI is InChI=1S/C13H19NO3S/c1-4-5-10(2)14-18(16,17)13-8-6-12(7-9-13)11(3)15/h6-10,14H,4-5H2,1-3H3/t10-/m1/s1. The fraction of sp³-hybridized carbons (Fsp3) is 0.462. The summed E-state index contributed by atoms with van der Waals surface area (Å²) in [6.45, 7) is 5.29. The topological polar surface area (TPSA) is 63.2 Å². The molecule has 1 N–H and O–H groups in total. The van der Waals surface area contributed by atoms with E-state index in [1.165, 1.54) is 31.2 Å². The number of nitrogens with one attached hydrogen (secondary N) is 1. The predicted molar refractivity (Wildman–Crippen MR) is 71.1 cm³/mol. The maximum atomic E-state index is 12.0. The van der Waals surface area contributed by atoms with Crippen molar-refractivity contribution in [1.82, 2.24) is 4.72 Å². The molecule has 1 aromatic rings. The lowest BCUT2D eigenvalue weighted by Crippen LogP contribution is -2.32. The highest BCUT2D eigenvalue weighted by atomic mass is 32.2. The van der Waals surface area contributed by atoms with E-state index in [2.05, 4.69) is 4.72 Å². The quantitative estimate of drug-likeness (QED) is 0.806. The summed E-state index contributed by atoms with van der Waals surface area (Å²) in [6, 6.07) is 5.88. The van der Waals surface area contributed by atoms with Gasteiger partial charge in [0, 0.05) is 11.6 Å². The lowest BCUT2D eigenvalue weighted by atomic mass is 10.2. The number of ketones is 1. The average Bonchev–Trinajstić information content (AvgIpc) is 2.28. The van der Waals surface area contributed by atoms with Crippen LogP contribution in [0, 0.1) is 0 Å². The van der Waals surface area contributed by atoms with E-state index in [0.717, 1.165) is 12.8 Å². The molecule has 1 rings (SSSR count). The van der Waals surface area contributed by atoms with Gasteiger partial charge in [-0.15, -0.1) is 0 Å². The Morgan fingerprint density at radius 2 is 1.83 bits per heavy atom. The molecule has 0 radical (unpaired) electrons. The molecule has 0 heterocycles. The molecular formula is C13H19NO3S. The molecule has 18 heavy (non-hydrogen) atoms. The van der Waals surface area contributed by atoms with E-state index >= 15 is 0 Å². The van der Waals surface area contributed by atoms with Crippen molar-refractivity contribution in [3.63, 3.8) is 0 Å². The van der Waals surface area contributed by atoms with Gasteiger partial charge in [-0.25, -0.2) is 13.1 Å². The fourth-order valence-corrected chi connectivity index (χ4v) is 2.97. The van der Waals surface area contributed by atoms with Crippen molar-refractivity contribution in [1.29, 1.82) is 0 Å². The molecule has 0 fully saturated rings. The molecule has 0 saturated heterocycles. The first-order valence-corrected chi connectivity index (χ1v) is 7.48. The van der Waals surface area contributed by atoms with Gasteiger partial charge in [0.05, 0.1) is 4.90 Å². The minimum atomic E-state index is -3.49. The summed E-state index contributed by atoms with van der Waals surface area (Å²) in [5, 5.41) is 0. The average molecular weight is 269 g/mol. The van der Waals surface area contributed by atoms with Crippen molar-refractivity contribution in [2.75, 3.05) is 0 Å². The Kier molecular flexibility index (Phi) is 5.04. The lowest BCUT2D eigenvalue weighted by Gasteiger charge is -2.13. The van der Waals surface area contributed by atoms with Crippen LogP contribution in [0.2, 0.25) is 0 Å². The van der Waals surface area contributed by atoms with Gasteiger partial charge in [-0.1, -0.05) is 25.5 Å². The third-order valence-electron chi connectivity index (χ3n) is 2.65. The first kappa shape index (κ1) is 14.9. The first-order valence-electron chi connectivity index (χ1n) is 6.00. The summed E-state index contributed by atoms with van der Waals surface area (Å²) in [7, 11) is -3.49. The van der Waals surface area contributed by atoms with Crippen molar-refractivity contribution in [3.8, 4) is 0 Å². The lowest BCUT2D eigenvalue weighted by molar-refractivity contribution is 0.101. The SMILES string of the molecule is CCC[C@@H](C)NS(=O)(=O)c1ccc(C(C)=O)cc1. The van der Waals surface area contributed by atoms with E-state index in [1.807, 2.05) is 13.8 Å². The second-order valence-corrected chi connectivity index (χ2v) is 6.11. The van der Waals surface area contributed by atoms with Crippen LogP contribution in [0.15, 0.2) is 29.2 Å². The van der Waals surface area contributed by atoms with Gasteiger partial charge in [-0.3, -0.25) is 4.79 Å². The molecule has 0 bridgehead atoms. The summed E-state index contributed by atoms with van der Waals surface area (Å²) < 4.78 is 26.6. The van der Waals surface area contributed by atoms with Gasteiger partial charge in [0.15, 0.2) is 5.78 Å². The molecular weight excluding hydrogens is 250 g/mol. The first-order chi connectivity index (χ1) is 8.36. The smallest absolute Gasteiger partial charge is 0.240 e. The second-order valence-electron chi connectivity index (χ2n) is 4.39. The van der Waals surface area contributed by atoms with E-state index in [-0.39, 0.29) is 16.7 Å². The van der Waals surface area contributed by atoms with Gasteiger partial charge < -0.3 is 0 Å². The normalized spacial score (nSPS) is 13.3. The van der Waals surface area contributed by atoms with E-state index in [4.69, 9.17) is 0 Å². The Balaban J connectivity index is 2.88. The highest BCUT2D eigenvalue weighted by Gasteiger charge is 2.16. The molecule has 0 aliphatic rings. The third kappa shape index (κ3) is 3.92. The molecule has 0 amide bonds. The summed E-state index contributed by atoms with van der Waals surface area (Å²) in [4.78, 5) is 11.3. The zero-order chi connectivity index (χ0) is 13.8. The summed E-state index contributed by atoms with van der Waals surface area (Å²) in [5.74, 6) is -0.0775. The summed E-state index contributed by atoms with van der Waals surface area (Å²) in [5.41, 5.74) is 0.510. The molecule has 5 heteroatoms. The molecule has 0 aliphatic heterocycles. The number of Topliss-reactive ketones (excluding diaryl/α,β-unsaturated/α-hetero) is 1. The molecule has 4 nitrogen and oxygen atoms in total. The molecule has 1 aromatic carbocycles. The van der Waals surface area contributed by atoms with Crippen molar-refractivity contribution in [3.05, 3.63) is 29.8 Å². The number of hydrogen-bond donors (Lipinski definition) is 1. The molecule has 0 aromatic heterocycles. The number of benzene rings is 1. The van der Waals surface area contributed by atoms with Gasteiger partial charge >= 0.3 is 0 Å². The minimum absolute atomic E-state index is 0.0775. The Labute approximate surface area is 108 Å². The molecule has 0 unspecified atom stereocenters. The van der Waals surface area contributed by atoms with Gasteiger partial charge in [-0.2, -0.15) is 0 Å². The van der Waals surface area contributed by atoms with Crippen molar-refractivity contribution < 1.29 is 13.2 Å². The number of hydrogen-bond acceptors (Lipinski definition) is 3. The largest absolute Gasteiger partial charge is 0.295 e. The van der Waals surface area contributed by atoms with Crippen LogP contribution in [0.1, 0.15) is 44.0 Å². The predicted octanol–water partition coefficient (Wildman–Crippen LogP) is 2.36. The highest BCUT2D eigenvalue weighted by molar-refractivity contribution is 7.89. The van der Waals surface area contributed by atoms with E-state index in [1.54, 1.807) is 0 Å². The third-order valence-corrected chi connectivity index (χ3v) is 4.25. The Bertz CT molecular complexity index is 506. The Morgan fingerprint density at radius 1 is 1.28 bits per heavy atom. The van der Waals surface area contributed by atoms with Crippen molar-refractivity contribution in [2.45, 2.75) is 44.6 Å². The number of rotatable bonds is 6. The summed E-state index contributed by atoms with van der Waals surface area (Å²) >= 11 is 0. The van der Waals surface area contributed by atoms with Gasteiger partial charge in [0.2, 0.25) is 10.0 Å². The van der Waals surface area contributed by atoms with Crippen molar-refractivity contribution in [2.24, 2.45) is 0 Å². The molecule has 0 aliphatic carbocycles. The number of carbonyl (C=O) groups excluding carboxylic acids is 1. The van der Waals surface area contributed by atoms with E-state index in [0.29, 0.717) is 5.56 Å². The van der Waals surface area contributed by atoms with Gasteiger partial charge in [0.25, 0.3) is 0 Å². The number of sulfonamides is 1. The van der Waals surface area contributed by atoms with Crippen LogP contribution < -0.4 is 4.72 Å². The second kappa shape index (κ2) is 6.11. The molecule has 0 saturated carbocycles. The fourth-order valence-electron chi connectivity index (χ4n) is 1.69. The highest BCUT2D eigenvalue weighted by Crippen LogP contribution is 2.12. The van der Waals surface area contributed by atoms with Gasteiger partial charge in [-0.05, 0) is 32.4 Å². The van der Waals surface area contributed by atoms with Crippen LogP contribution in [0.5, 0.6) is 0 Å². The minimum Gasteiger partial charge on any atom is -0.295 e. The van der Waals surface area contributed by atoms with E-state index in [9.17, 15) is 13.2 Å². The van der Waals surface area contributed by atoms with Crippen LogP contribution in [-0.4, -0.2) is 20.2 Å². The van der Waals surface area contributed by atoms with E-state index < -0.39 is 10.0 Å². The molecule has 1 atom stereocenters. The van der Waals surface area contributed by atoms with Crippen LogP contribution >= 0.6 is 0 Å². The van der Waals surface area contributed by atoms with Crippen molar-refractivity contribution >= 4 is 15.8 Å². The monoisotopic (exact) mass is 269 g/mol. The van der Waals surface area contributed by atoms with Crippen LogP contribution in [-0.2, 0) is 10.0 Å². The molecule has 100 valence electrons. The molecule has 0 spiro atoms. The number of carbonyl (C=O) groups is 1. The maximum absolute atomic E-state index is 12.0. The van der Waals surface area contributed by atoms with Crippen LogP contribution in [0.25, 0.3) is 0 Å². The van der Waals surface area contributed by atoms with Gasteiger partial charge in [0.1, 0.15) is 0 Å². The summed E-state index contributed by atoms with van der Waals surface area (Å²) in [6.07, 6.45) is 1.72. The zero-order valence-corrected chi connectivity index (χ0v) is 11.8.